The van der Waals surface area contributed by atoms with Crippen molar-refractivity contribution in [2.24, 2.45) is 10.7 Å². The Labute approximate surface area is 148 Å². The van der Waals surface area contributed by atoms with Gasteiger partial charge in [0, 0.05) is 17.4 Å². The molecular formula is C20H23N5. The van der Waals surface area contributed by atoms with Gasteiger partial charge in [-0.15, -0.1) is 0 Å². The summed E-state index contributed by atoms with van der Waals surface area (Å²) in [5.74, 6) is 0.404. The van der Waals surface area contributed by atoms with Crippen molar-refractivity contribution in [3.63, 3.8) is 0 Å². The van der Waals surface area contributed by atoms with Crippen molar-refractivity contribution in [3.8, 4) is 0 Å². The van der Waals surface area contributed by atoms with E-state index >= 15 is 0 Å². The van der Waals surface area contributed by atoms with E-state index < -0.39 is 0 Å². The zero-order chi connectivity index (χ0) is 17.6. The van der Waals surface area contributed by atoms with E-state index in [1.54, 1.807) is 0 Å². The van der Waals surface area contributed by atoms with Gasteiger partial charge in [-0.1, -0.05) is 36.4 Å². The second-order valence-electron chi connectivity index (χ2n) is 6.23. The maximum absolute atomic E-state index is 6.00. The summed E-state index contributed by atoms with van der Waals surface area (Å²) in [5.41, 5.74) is 11.6. The average Bonchev–Trinajstić information content (AvgIpc) is 3.00. The molecule has 2 aromatic carbocycles. The van der Waals surface area contributed by atoms with E-state index in [0.29, 0.717) is 12.5 Å². The molecule has 1 aromatic heterocycles. The quantitative estimate of drug-likeness (QED) is 0.555. The summed E-state index contributed by atoms with van der Waals surface area (Å²) in [6.45, 7) is 5.37. The Morgan fingerprint density at radius 3 is 2.52 bits per heavy atom. The molecule has 0 saturated carbocycles. The molecule has 0 aliphatic rings. The first kappa shape index (κ1) is 16.8. The van der Waals surface area contributed by atoms with E-state index in [-0.39, 0.29) is 0 Å². The summed E-state index contributed by atoms with van der Waals surface area (Å²) in [6, 6.07) is 16.5. The highest BCUT2D eigenvalue weighted by atomic mass is 15.3. The normalized spacial score (nSPS) is 11.5. The fourth-order valence-electron chi connectivity index (χ4n) is 2.76. The van der Waals surface area contributed by atoms with Crippen LogP contribution in [0.25, 0.3) is 0 Å². The van der Waals surface area contributed by atoms with Gasteiger partial charge in [-0.05, 0) is 42.7 Å². The highest BCUT2D eigenvalue weighted by molar-refractivity contribution is 5.92. The van der Waals surface area contributed by atoms with E-state index in [4.69, 9.17) is 5.73 Å². The van der Waals surface area contributed by atoms with Crippen molar-refractivity contribution in [3.05, 3.63) is 83.2 Å². The molecule has 0 aliphatic heterocycles. The van der Waals surface area contributed by atoms with Crippen molar-refractivity contribution in [1.82, 2.24) is 9.78 Å². The number of aromatic nitrogens is 2. The Morgan fingerprint density at radius 1 is 1.08 bits per heavy atom. The zero-order valence-electron chi connectivity index (χ0n) is 14.6. The van der Waals surface area contributed by atoms with Crippen LogP contribution in [-0.2, 0) is 13.1 Å². The Bertz CT molecular complexity index is 845. The predicted molar refractivity (Wildman–Crippen MR) is 103 cm³/mol. The number of nitrogens with two attached hydrogens (primary N) is 1. The van der Waals surface area contributed by atoms with Gasteiger partial charge in [0.15, 0.2) is 5.96 Å². The molecule has 0 saturated heterocycles. The van der Waals surface area contributed by atoms with Crippen molar-refractivity contribution >= 4 is 11.6 Å². The number of nitrogens with one attached hydrogen (secondary N) is 1. The third kappa shape index (κ3) is 4.94. The second kappa shape index (κ2) is 7.66. The molecule has 3 aromatic rings. The molecular weight excluding hydrogens is 310 g/mol. The van der Waals surface area contributed by atoms with Crippen LogP contribution in [0.2, 0.25) is 0 Å². The minimum absolute atomic E-state index is 0.404. The van der Waals surface area contributed by atoms with Gasteiger partial charge in [0.1, 0.15) is 0 Å². The molecule has 0 spiro atoms. The van der Waals surface area contributed by atoms with Gasteiger partial charge in [-0.25, -0.2) is 4.99 Å². The number of benzene rings is 2. The molecule has 0 bridgehead atoms. The molecule has 0 radical (unpaired) electrons. The average molecular weight is 333 g/mol. The van der Waals surface area contributed by atoms with Gasteiger partial charge in [0.25, 0.3) is 0 Å². The van der Waals surface area contributed by atoms with Crippen LogP contribution < -0.4 is 11.1 Å². The zero-order valence-corrected chi connectivity index (χ0v) is 14.6. The maximum atomic E-state index is 6.00. The molecule has 25 heavy (non-hydrogen) atoms. The van der Waals surface area contributed by atoms with E-state index in [9.17, 15) is 0 Å². The molecule has 3 N–H and O–H groups in total. The van der Waals surface area contributed by atoms with Crippen LogP contribution in [0, 0.1) is 13.8 Å². The van der Waals surface area contributed by atoms with Crippen LogP contribution in [0.15, 0.2) is 65.9 Å². The monoisotopic (exact) mass is 333 g/mol. The van der Waals surface area contributed by atoms with E-state index in [1.165, 1.54) is 16.7 Å². The third-order valence-corrected chi connectivity index (χ3v) is 3.80. The first-order valence-corrected chi connectivity index (χ1v) is 8.29. The van der Waals surface area contributed by atoms with Crippen LogP contribution in [0.4, 0.5) is 5.69 Å². The van der Waals surface area contributed by atoms with Crippen LogP contribution in [0.3, 0.4) is 0 Å². The summed E-state index contributed by atoms with van der Waals surface area (Å²) in [6.07, 6.45) is 3.83. The number of aliphatic imine (C=N–C) groups is 1. The molecule has 1 heterocycles. The Kier molecular flexibility index (Phi) is 5.14. The first-order chi connectivity index (χ1) is 12.1. The molecule has 0 amide bonds. The largest absolute Gasteiger partial charge is 0.370 e. The van der Waals surface area contributed by atoms with Crippen molar-refractivity contribution in [1.29, 1.82) is 0 Å². The summed E-state index contributed by atoms with van der Waals surface area (Å²) in [5, 5.41) is 7.52. The molecule has 5 nitrogen and oxygen atoms in total. The molecule has 3 rings (SSSR count). The van der Waals surface area contributed by atoms with Gasteiger partial charge in [0.05, 0.1) is 19.3 Å². The molecule has 0 unspecified atom stereocenters. The molecule has 0 aliphatic carbocycles. The Balaban J connectivity index is 1.59. The van der Waals surface area contributed by atoms with Crippen LogP contribution in [0.5, 0.6) is 0 Å². The number of anilines is 1. The lowest BCUT2D eigenvalue weighted by molar-refractivity contribution is 0.686. The summed E-state index contributed by atoms with van der Waals surface area (Å²) < 4.78 is 1.91. The second-order valence-corrected chi connectivity index (χ2v) is 6.23. The number of rotatable bonds is 5. The summed E-state index contributed by atoms with van der Waals surface area (Å²) >= 11 is 0. The Morgan fingerprint density at radius 2 is 1.80 bits per heavy atom. The van der Waals surface area contributed by atoms with Crippen LogP contribution >= 0.6 is 0 Å². The topological polar surface area (TPSA) is 68.2 Å². The minimum Gasteiger partial charge on any atom is -0.370 e. The van der Waals surface area contributed by atoms with Gasteiger partial charge in [-0.2, -0.15) is 5.10 Å². The third-order valence-electron chi connectivity index (χ3n) is 3.80. The summed E-state index contributed by atoms with van der Waals surface area (Å²) in [4.78, 5) is 4.40. The lowest BCUT2D eigenvalue weighted by atomic mass is 10.1. The van der Waals surface area contributed by atoms with Crippen molar-refractivity contribution in [2.45, 2.75) is 26.9 Å². The number of aryl methyl sites for hydroxylation is 2. The minimum atomic E-state index is 0.404. The lowest BCUT2D eigenvalue weighted by Gasteiger charge is -2.07. The number of hydrogen-bond donors (Lipinski definition) is 2. The smallest absolute Gasteiger partial charge is 0.193 e. The predicted octanol–water partition coefficient (Wildman–Crippen LogP) is 3.48. The van der Waals surface area contributed by atoms with Gasteiger partial charge in [0.2, 0.25) is 0 Å². The molecule has 5 heteroatoms. The summed E-state index contributed by atoms with van der Waals surface area (Å²) in [7, 11) is 0. The molecule has 0 fully saturated rings. The maximum Gasteiger partial charge on any atom is 0.193 e. The van der Waals surface area contributed by atoms with E-state index in [0.717, 1.165) is 17.8 Å². The van der Waals surface area contributed by atoms with Crippen molar-refractivity contribution in [2.75, 3.05) is 5.32 Å². The number of nitrogens with zero attached hydrogens (tertiary/aromatic N) is 3. The standard InChI is InChI=1S/C20H23N5/c1-15-8-16(2)10-19(9-15)24-20(21)22-11-18-12-23-25(14-18)13-17-6-4-3-5-7-17/h3-10,12,14H,11,13H2,1-2H3,(H3,21,22,24). The SMILES string of the molecule is Cc1cc(C)cc(NC(N)=NCc2cnn(Cc3ccccc3)c2)c1. The molecule has 128 valence electrons. The highest BCUT2D eigenvalue weighted by Crippen LogP contribution is 2.13. The fourth-order valence-corrected chi connectivity index (χ4v) is 2.76. The van der Waals surface area contributed by atoms with E-state index in [1.807, 2.05) is 47.4 Å². The van der Waals surface area contributed by atoms with Crippen molar-refractivity contribution < 1.29 is 0 Å². The Hall–Kier alpha value is -3.08. The first-order valence-electron chi connectivity index (χ1n) is 8.29. The van der Waals surface area contributed by atoms with E-state index in [2.05, 4.69) is 47.5 Å². The van der Waals surface area contributed by atoms with Crippen LogP contribution in [0.1, 0.15) is 22.3 Å². The van der Waals surface area contributed by atoms with Gasteiger partial charge >= 0.3 is 0 Å². The van der Waals surface area contributed by atoms with Gasteiger partial charge < -0.3 is 11.1 Å². The molecule has 0 atom stereocenters. The highest BCUT2D eigenvalue weighted by Gasteiger charge is 2.01. The number of hydrogen-bond acceptors (Lipinski definition) is 2. The number of guanidine groups is 1. The lowest BCUT2D eigenvalue weighted by Crippen LogP contribution is -2.22. The fraction of sp³-hybridized carbons (Fsp3) is 0.200. The van der Waals surface area contributed by atoms with Gasteiger partial charge in [-0.3, -0.25) is 4.68 Å². The van der Waals surface area contributed by atoms with Crippen LogP contribution in [-0.4, -0.2) is 15.7 Å².